The summed E-state index contributed by atoms with van der Waals surface area (Å²) in [6, 6.07) is 10.3. The number of hydrogen-bond acceptors (Lipinski definition) is 5. The Kier molecular flexibility index (Phi) is 8.38. The van der Waals surface area contributed by atoms with E-state index in [4.69, 9.17) is 28.2 Å². The molecule has 8 nitrogen and oxygen atoms in total. The lowest BCUT2D eigenvalue weighted by atomic mass is 10.2. The summed E-state index contributed by atoms with van der Waals surface area (Å²) in [5.41, 5.74) is 5.16. The highest BCUT2D eigenvalue weighted by atomic mass is 35.5. The molecule has 0 atom stereocenters. The molecular formula is C19H19ClN4O4S. The number of furan rings is 1. The number of amides is 3. The Morgan fingerprint density at radius 3 is 2.48 bits per heavy atom. The number of aryl methyl sites for hydroxylation is 1. The predicted octanol–water partition coefficient (Wildman–Crippen LogP) is 2.70. The number of thiocarbonyl (C=S) groups is 1. The van der Waals surface area contributed by atoms with Gasteiger partial charge in [-0.3, -0.25) is 30.6 Å². The predicted molar refractivity (Wildman–Crippen MR) is 114 cm³/mol. The molecule has 1 aromatic heterocycles. The highest BCUT2D eigenvalue weighted by Gasteiger charge is 2.09. The van der Waals surface area contributed by atoms with E-state index >= 15 is 0 Å². The van der Waals surface area contributed by atoms with Crippen molar-refractivity contribution in [1.29, 1.82) is 0 Å². The van der Waals surface area contributed by atoms with Crippen LogP contribution in [0.25, 0.3) is 6.08 Å². The fourth-order valence-electron chi connectivity index (χ4n) is 2.08. The van der Waals surface area contributed by atoms with Crippen LogP contribution in [0.4, 0.5) is 5.69 Å². The van der Waals surface area contributed by atoms with Crippen LogP contribution in [0.2, 0.25) is 5.02 Å². The molecule has 1 aromatic carbocycles. The van der Waals surface area contributed by atoms with Crippen LogP contribution in [-0.4, -0.2) is 22.8 Å². The van der Waals surface area contributed by atoms with Crippen LogP contribution < -0.4 is 21.5 Å². The maximum absolute atomic E-state index is 11.9. The van der Waals surface area contributed by atoms with Crippen LogP contribution in [0.5, 0.6) is 0 Å². The average molecular weight is 435 g/mol. The van der Waals surface area contributed by atoms with Crippen LogP contribution >= 0.6 is 23.8 Å². The molecule has 2 aromatic rings. The van der Waals surface area contributed by atoms with E-state index in [1.165, 1.54) is 12.2 Å². The molecule has 10 heteroatoms. The molecule has 0 radical (unpaired) electrons. The first-order valence-electron chi connectivity index (χ1n) is 8.52. The summed E-state index contributed by atoms with van der Waals surface area (Å²) >= 11 is 10.9. The van der Waals surface area contributed by atoms with E-state index in [1.54, 1.807) is 43.3 Å². The van der Waals surface area contributed by atoms with Gasteiger partial charge in [-0.15, -0.1) is 0 Å². The van der Waals surface area contributed by atoms with Gasteiger partial charge in [-0.2, -0.15) is 0 Å². The van der Waals surface area contributed by atoms with Crippen LogP contribution in [0.1, 0.15) is 24.4 Å². The summed E-state index contributed by atoms with van der Waals surface area (Å²) < 4.78 is 5.30. The first-order valence-corrected chi connectivity index (χ1v) is 9.31. The minimum Gasteiger partial charge on any atom is -0.462 e. The number of carbonyl (C=O) groups excluding carboxylic acids is 3. The number of rotatable bonds is 6. The zero-order valence-electron chi connectivity index (χ0n) is 15.5. The fraction of sp³-hybridized carbons (Fsp3) is 0.158. The topological polar surface area (TPSA) is 112 Å². The second-order valence-electron chi connectivity index (χ2n) is 5.80. The number of hydrazine groups is 1. The standard InChI is InChI=1S/C19H19ClN4O4S/c1-12-6-7-13(28-12)8-9-17(26)22-19(29)24-23-18(27)11-10-16(25)21-15-5-3-2-4-14(15)20/h2-9H,10-11H2,1H3,(H,21,25)(H,23,27)(H2,22,24,26,29). The lowest BCUT2D eigenvalue weighted by Gasteiger charge is -2.10. The summed E-state index contributed by atoms with van der Waals surface area (Å²) in [6.07, 6.45) is 2.59. The van der Waals surface area contributed by atoms with Crippen molar-refractivity contribution in [2.75, 3.05) is 5.32 Å². The molecule has 4 N–H and O–H groups in total. The van der Waals surface area contributed by atoms with Crippen molar-refractivity contribution in [3.63, 3.8) is 0 Å². The molecular weight excluding hydrogens is 416 g/mol. The van der Waals surface area contributed by atoms with Gasteiger partial charge in [0.25, 0.3) is 0 Å². The normalized spacial score (nSPS) is 10.4. The minimum absolute atomic E-state index is 0.0524. The van der Waals surface area contributed by atoms with Gasteiger partial charge in [-0.05, 0) is 49.5 Å². The van der Waals surface area contributed by atoms with Gasteiger partial charge in [0.15, 0.2) is 5.11 Å². The van der Waals surface area contributed by atoms with Crippen LogP contribution in [0, 0.1) is 6.92 Å². The fourth-order valence-corrected chi connectivity index (χ4v) is 2.41. The molecule has 0 saturated heterocycles. The van der Waals surface area contributed by atoms with Crippen LogP contribution in [0.15, 0.2) is 46.9 Å². The number of para-hydroxylation sites is 1. The van der Waals surface area contributed by atoms with E-state index < -0.39 is 11.8 Å². The highest BCUT2D eigenvalue weighted by Crippen LogP contribution is 2.20. The molecule has 3 amide bonds. The van der Waals surface area contributed by atoms with Crippen molar-refractivity contribution in [1.82, 2.24) is 16.2 Å². The minimum atomic E-state index is -0.495. The monoisotopic (exact) mass is 434 g/mol. The number of hydrogen-bond donors (Lipinski definition) is 4. The molecule has 0 fully saturated rings. The average Bonchev–Trinajstić information content (AvgIpc) is 3.10. The smallest absolute Gasteiger partial charge is 0.250 e. The summed E-state index contributed by atoms with van der Waals surface area (Å²) in [4.78, 5) is 35.4. The van der Waals surface area contributed by atoms with Crippen molar-refractivity contribution in [3.8, 4) is 0 Å². The number of halogens is 1. The van der Waals surface area contributed by atoms with E-state index in [-0.39, 0.29) is 23.9 Å². The van der Waals surface area contributed by atoms with E-state index in [0.29, 0.717) is 16.5 Å². The molecule has 0 saturated carbocycles. The Labute approximate surface area is 177 Å². The molecule has 152 valence electrons. The van der Waals surface area contributed by atoms with Gasteiger partial charge in [0, 0.05) is 18.9 Å². The van der Waals surface area contributed by atoms with E-state index in [0.717, 1.165) is 5.76 Å². The Morgan fingerprint density at radius 1 is 1.07 bits per heavy atom. The third-order valence-corrected chi connectivity index (χ3v) is 3.97. The zero-order valence-corrected chi connectivity index (χ0v) is 17.0. The van der Waals surface area contributed by atoms with Crippen molar-refractivity contribution < 1.29 is 18.8 Å². The molecule has 1 heterocycles. The number of benzene rings is 1. The Hall–Kier alpha value is -3.17. The molecule has 29 heavy (non-hydrogen) atoms. The highest BCUT2D eigenvalue weighted by molar-refractivity contribution is 7.80. The van der Waals surface area contributed by atoms with Gasteiger partial charge in [-0.1, -0.05) is 23.7 Å². The van der Waals surface area contributed by atoms with Gasteiger partial charge in [0.2, 0.25) is 17.7 Å². The van der Waals surface area contributed by atoms with E-state index in [9.17, 15) is 14.4 Å². The molecule has 0 aliphatic carbocycles. The van der Waals surface area contributed by atoms with Gasteiger partial charge >= 0.3 is 0 Å². The number of nitrogens with one attached hydrogen (secondary N) is 4. The molecule has 0 aliphatic rings. The molecule has 0 aliphatic heterocycles. The molecule has 0 bridgehead atoms. The Bertz CT molecular complexity index is 942. The van der Waals surface area contributed by atoms with Crippen LogP contribution in [-0.2, 0) is 14.4 Å². The second-order valence-corrected chi connectivity index (χ2v) is 6.62. The van der Waals surface area contributed by atoms with Gasteiger partial charge < -0.3 is 9.73 Å². The van der Waals surface area contributed by atoms with Crippen molar-refractivity contribution in [2.24, 2.45) is 0 Å². The van der Waals surface area contributed by atoms with Crippen molar-refractivity contribution in [2.45, 2.75) is 19.8 Å². The molecule has 0 spiro atoms. The quantitative estimate of drug-likeness (QED) is 0.316. The van der Waals surface area contributed by atoms with E-state index in [2.05, 4.69) is 21.5 Å². The van der Waals surface area contributed by atoms with Gasteiger partial charge in [0.05, 0.1) is 10.7 Å². The van der Waals surface area contributed by atoms with Gasteiger partial charge in [0.1, 0.15) is 11.5 Å². The summed E-state index contributed by atoms with van der Waals surface area (Å²) in [7, 11) is 0. The molecule has 0 unspecified atom stereocenters. The Morgan fingerprint density at radius 2 is 1.79 bits per heavy atom. The summed E-state index contributed by atoms with van der Waals surface area (Å²) in [6.45, 7) is 1.79. The maximum Gasteiger partial charge on any atom is 0.250 e. The summed E-state index contributed by atoms with van der Waals surface area (Å²) in [5.74, 6) is -0.0738. The maximum atomic E-state index is 11.9. The lowest BCUT2D eigenvalue weighted by molar-refractivity contribution is -0.124. The SMILES string of the molecule is Cc1ccc(C=CC(=O)NC(=S)NNC(=O)CCC(=O)Nc2ccccc2Cl)o1. The van der Waals surface area contributed by atoms with Crippen LogP contribution in [0.3, 0.4) is 0 Å². The largest absolute Gasteiger partial charge is 0.462 e. The first kappa shape index (κ1) is 22.1. The van der Waals surface area contributed by atoms with Crippen molar-refractivity contribution >= 4 is 58.4 Å². The number of carbonyl (C=O) groups is 3. The van der Waals surface area contributed by atoms with Gasteiger partial charge in [-0.25, -0.2) is 0 Å². The lowest BCUT2D eigenvalue weighted by Crippen LogP contribution is -2.48. The second kappa shape index (κ2) is 11.0. The summed E-state index contributed by atoms with van der Waals surface area (Å²) in [5, 5.41) is 5.29. The molecule has 2 rings (SSSR count). The third-order valence-electron chi connectivity index (χ3n) is 3.44. The van der Waals surface area contributed by atoms with E-state index in [1.807, 2.05) is 0 Å². The first-order chi connectivity index (χ1) is 13.8. The Balaban J connectivity index is 1.65. The number of anilines is 1. The van der Waals surface area contributed by atoms with Crippen molar-refractivity contribution in [3.05, 3.63) is 59.0 Å². The zero-order chi connectivity index (χ0) is 21.2. The third kappa shape index (κ3) is 8.16.